The lowest BCUT2D eigenvalue weighted by Gasteiger charge is -2.38. The van der Waals surface area contributed by atoms with Crippen LogP contribution in [0.5, 0.6) is 0 Å². The van der Waals surface area contributed by atoms with E-state index in [1.807, 2.05) is 20.8 Å². The van der Waals surface area contributed by atoms with Crippen LogP contribution in [0.25, 0.3) is 0 Å². The number of rotatable bonds is 3. The molecule has 0 radical (unpaired) electrons. The van der Waals surface area contributed by atoms with Crippen molar-refractivity contribution in [2.45, 2.75) is 27.2 Å². The summed E-state index contributed by atoms with van der Waals surface area (Å²) in [4.78, 5) is 11.6. The van der Waals surface area contributed by atoms with E-state index in [1.165, 1.54) is 0 Å². The van der Waals surface area contributed by atoms with Gasteiger partial charge < -0.3 is 4.74 Å². The van der Waals surface area contributed by atoms with Gasteiger partial charge in [-0.3, -0.25) is 4.79 Å². The summed E-state index contributed by atoms with van der Waals surface area (Å²) in [5, 5.41) is 0. The minimum atomic E-state index is -0.157. The summed E-state index contributed by atoms with van der Waals surface area (Å²) in [5.74, 6) is 0.565. The molecule has 1 heterocycles. The van der Waals surface area contributed by atoms with Crippen molar-refractivity contribution in [2.75, 3.05) is 13.2 Å². The SMILES string of the molecule is CCC(C)C(=O)C1(C)COC1. The van der Waals surface area contributed by atoms with E-state index in [1.54, 1.807) is 0 Å². The molecular formula is C9H16O2. The third-order valence-corrected chi connectivity index (χ3v) is 2.50. The van der Waals surface area contributed by atoms with Gasteiger partial charge in [0.15, 0.2) is 0 Å². The van der Waals surface area contributed by atoms with Gasteiger partial charge in [-0.25, -0.2) is 0 Å². The van der Waals surface area contributed by atoms with Crippen molar-refractivity contribution in [1.29, 1.82) is 0 Å². The Kier molecular flexibility index (Phi) is 2.33. The van der Waals surface area contributed by atoms with E-state index in [-0.39, 0.29) is 11.3 Å². The molecule has 64 valence electrons. The summed E-state index contributed by atoms with van der Waals surface area (Å²) in [5.41, 5.74) is -0.157. The molecule has 0 aliphatic carbocycles. The number of ether oxygens (including phenoxy) is 1. The molecule has 0 aromatic rings. The van der Waals surface area contributed by atoms with Crippen molar-refractivity contribution < 1.29 is 9.53 Å². The molecule has 0 bridgehead atoms. The number of hydrogen-bond acceptors (Lipinski definition) is 2. The van der Waals surface area contributed by atoms with Gasteiger partial charge in [0.2, 0.25) is 0 Å². The zero-order valence-corrected chi connectivity index (χ0v) is 7.52. The van der Waals surface area contributed by atoms with E-state index in [0.29, 0.717) is 19.0 Å². The second-order valence-corrected chi connectivity index (χ2v) is 3.73. The standard InChI is InChI=1S/C9H16O2/c1-4-7(2)8(10)9(3)5-11-6-9/h7H,4-6H2,1-3H3. The minimum Gasteiger partial charge on any atom is -0.379 e. The summed E-state index contributed by atoms with van der Waals surface area (Å²) in [6.07, 6.45) is 0.939. The summed E-state index contributed by atoms with van der Waals surface area (Å²) >= 11 is 0. The van der Waals surface area contributed by atoms with Crippen molar-refractivity contribution in [3.8, 4) is 0 Å². The smallest absolute Gasteiger partial charge is 0.146 e. The highest BCUT2D eigenvalue weighted by Gasteiger charge is 2.42. The van der Waals surface area contributed by atoms with Crippen LogP contribution in [0.1, 0.15) is 27.2 Å². The molecule has 1 aliphatic rings. The minimum absolute atomic E-state index is 0.157. The first-order valence-corrected chi connectivity index (χ1v) is 4.22. The largest absolute Gasteiger partial charge is 0.379 e. The maximum atomic E-state index is 11.6. The normalized spacial score (nSPS) is 23.9. The Morgan fingerprint density at radius 1 is 1.64 bits per heavy atom. The molecule has 0 N–H and O–H groups in total. The van der Waals surface area contributed by atoms with Gasteiger partial charge in [-0.2, -0.15) is 0 Å². The average Bonchev–Trinajstić information content (AvgIpc) is 1.97. The zero-order chi connectivity index (χ0) is 8.48. The van der Waals surface area contributed by atoms with Crippen LogP contribution in [0.15, 0.2) is 0 Å². The van der Waals surface area contributed by atoms with Crippen LogP contribution < -0.4 is 0 Å². The van der Waals surface area contributed by atoms with E-state index < -0.39 is 0 Å². The van der Waals surface area contributed by atoms with Gasteiger partial charge in [0.1, 0.15) is 5.78 Å². The molecule has 1 fully saturated rings. The first-order valence-electron chi connectivity index (χ1n) is 4.22. The second kappa shape index (κ2) is 2.94. The van der Waals surface area contributed by atoms with Crippen LogP contribution in [-0.2, 0) is 9.53 Å². The number of carbonyl (C=O) groups is 1. The molecule has 0 aromatic carbocycles. The van der Waals surface area contributed by atoms with Crippen molar-refractivity contribution in [1.82, 2.24) is 0 Å². The first-order chi connectivity index (χ1) is 5.10. The Bertz CT molecular complexity index is 159. The molecule has 11 heavy (non-hydrogen) atoms. The summed E-state index contributed by atoms with van der Waals surface area (Å²) in [6, 6.07) is 0. The van der Waals surface area contributed by atoms with Crippen molar-refractivity contribution >= 4 is 5.78 Å². The fourth-order valence-electron chi connectivity index (χ4n) is 1.33. The van der Waals surface area contributed by atoms with Crippen molar-refractivity contribution in [2.24, 2.45) is 11.3 Å². The second-order valence-electron chi connectivity index (χ2n) is 3.73. The number of carbonyl (C=O) groups excluding carboxylic acids is 1. The Morgan fingerprint density at radius 3 is 2.45 bits per heavy atom. The van der Waals surface area contributed by atoms with Gasteiger partial charge in [0, 0.05) is 5.92 Å². The predicted octanol–water partition coefficient (Wildman–Crippen LogP) is 1.64. The number of ketones is 1. The quantitative estimate of drug-likeness (QED) is 0.621. The number of Topliss-reactive ketones (excluding diaryl/α,β-unsaturated/α-hetero) is 1. The van der Waals surface area contributed by atoms with Crippen LogP contribution >= 0.6 is 0 Å². The Morgan fingerprint density at radius 2 is 2.18 bits per heavy atom. The molecule has 0 aromatic heterocycles. The molecule has 0 saturated carbocycles. The number of hydrogen-bond donors (Lipinski definition) is 0. The third-order valence-electron chi connectivity index (χ3n) is 2.50. The maximum absolute atomic E-state index is 11.6. The summed E-state index contributed by atoms with van der Waals surface area (Å²) in [7, 11) is 0. The summed E-state index contributed by atoms with van der Waals surface area (Å²) < 4.78 is 5.03. The highest BCUT2D eigenvalue weighted by molar-refractivity contribution is 5.87. The van der Waals surface area contributed by atoms with Gasteiger partial charge in [0.25, 0.3) is 0 Å². The molecular weight excluding hydrogens is 140 g/mol. The molecule has 1 rings (SSSR count). The van der Waals surface area contributed by atoms with E-state index in [4.69, 9.17) is 4.74 Å². The van der Waals surface area contributed by atoms with Crippen LogP contribution in [0.3, 0.4) is 0 Å². The van der Waals surface area contributed by atoms with E-state index >= 15 is 0 Å². The molecule has 1 unspecified atom stereocenters. The van der Waals surface area contributed by atoms with Crippen molar-refractivity contribution in [3.05, 3.63) is 0 Å². The molecule has 1 aliphatic heterocycles. The Labute approximate surface area is 67.9 Å². The molecule has 1 atom stereocenters. The van der Waals surface area contributed by atoms with Crippen LogP contribution in [0, 0.1) is 11.3 Å². The monoisotopic (exact) mass is 156 g/mol. The topological polar surface area (TPSA) is 26.3 Å². The molecule has 0 spiro atoms. The van der Waals surface area contributed by atoms with Gasteiger partial charge in [-0.15, -0.1) is 0 Å². The molecule has 0 amide bonds. The average molecular weight is 156 g/mol. The Balaban J connectivity index is 2.52. The van der Waals surface area contributed by atoms with Crippen LogP contribution in [0.2, 0.25) is 0 Å². The lowest BCUT2D eigenvalue weighted by molar-refractivity contribution is -0.159. The Hall–Kier alpha value is -0.370. The fourth-order valence-corrected chi connectivity index (χ4v) is 1.33. The molecule has 1 saturated heterocycles. The van der Waals surface area contributed by atoms with Crippen LogP contribution in [-0.4, -0.2) is 19.0 Å². The van der Waals surface area contributed by atoms with Gasteiger partial charge >= 0.3 is 0 Å². The van der Waals surface area contributed by atoms with E-state index in [2.05, 4.69) is 0 Å². The van der Waals surface area contributed by atoms with Crippen molar-refractivity contribution in [3.63, 3.8) is 0 Å². The lowest BCUT2D eigenvalue weighted by Crippen LogP contribution is -2.48. The van der Waals surface area contributed by atoms with Gasteiger partial charge in [0.05, 0.1) is 18.6 Å². The van der Waals surface area contributed by atoms with E-state index in [0.717, 1.165) is 6.42 Å². The summed E-state index contributed by atoms with van der Waals surface area (Å²) in [6.45, 7) is 7.27. The lowest BCUT2D eigenvalue weighted by atomic mass is 9.78. The first kappa shape index (κ1) is 8.72. The predicted molar refractivity (Wildman–Crippen MR) is 43.4 cm³/mol. The highest BCUT2D eigenvalue weighted by Crippen LogP contribution is 2.31. The maximum Gasteiger partial charge on any atom is 0.146 e. The van der Waals surface area contributed by atoms with Crippen LogP contribution in [0.4, 0.5) is 0 Å². The highest BCUT2D eigenvalue weighted by atomic mass is 16.5. The fraction of sp³-hybridized carbons (Fsp3) is 0.889. The zero-order valence-electron chi connectivity index (χ0n) is 7.52. The molecule has 2 nitrogen and oxygen atoms in total. The van der Waals surface area contributed by atoms with Gasteiger partial charge in [-0.05, 0) is 13.3 Å². The van der Waals surface area contributed by atoms with E-state index in [9.17, 15) is 4.79 Å². The third kappa shape index (κ3) is 1.45. The molecule has 2 heteroatoms. The van der Waals surface area contributed by atoms with Gasteiger partial charge in [-0.1, -0.05) is 13.8 Å².